The first-order valence-corrected chi connectivity index (χ1v) is 17.6. The van der Waals surface area contributed by atoms with Crippen LogP contribution in [0.4, 0.5) is 4.39 Å². The number of likely N-dealkylation sites (tertiary alicyclic amines) is 1. The fraction of sp³-hybridized carbons (Fsp3) is 0.410. The third-order valence-corrected chi connectivity index (χ3v) is 11.0. The topological polar surface area (TPSA) is 117 Å². The summed E-state index contributed by atoms with van der Waals surface area (Å²) in [5, 5.41) is 28.4. The van der Waals surface area contributed by atoms with Crippen molar-refractivity contribution in [2.45, 2.75) is 76.8 Å². The second-order valence-electron chi connectivity index (χ2n) is 13.9. The lowest BCUT2D eigenvalue weighted by molar-refractivity contribution is 0.211. The average molecular weight is 664 g/mol. The van der Waals surface area contributed by atoms with Crippen LogP contribution in [0.2, 0.25) is 0 Å². The van der Waals surface area contributed by atoms with E-state index in [1.54, 1.807) is 12.1 Å². The number of benzene rings is 3. The Bertz CT molecular complexity index is 2100. The van der Waals surface area contributed by atoms with Gasteiger partial charge >= 0.3 is 0 Å². The molecule has 1 fully saturated rings. The van der Waals surface area contributed by atoms with Crippen LogP contribution < -0.4 is 10.9 Å². The smallest absolute Gasteiger partial charge is 0.256 e. The number of nitrogens with zero attached hydrogens (tertiary/aromatic N) is 4. The van der Waals surface area contributed by atoms with Gasteiger partial charge < -0.3 is 25.0 Å². The van der Waals surface area contributed by atoms with E-state index in [0.717, 1.165) is 117 Å². The van der Waals surface area contributed by atoms with Crippen LogP contribution in [0.15, 0.2) is 57.8 Å². The van der Waals surface area contributed by atoms with Crippen LogP contribution in [0, 0.1) is 12.7 Å². The molecule has 1 unspecified atom stereocenters. The predicted molar refractivity (Wildman–Crippen MR) is 185 cm³/mol. The van der Waals surface area contributed by atoms with Crippen LogP contribution >= 0.6 is 0 Å². The second-order valence-corrected chi connectivity index (χ2v) is 13.9. The first-order valence-electron chi connectivity index (χ1n) is 17.6. The summed E-state index contributed by atoms with van der Waals surface area (Å²) in [6.45, 7) is 7.36. The zero-order chi connectivity index (χ0) is 33.6. The number of nitrogens with one attached hydrogen (secondary N) is 1. The Labute approximate surface area is 284 Å². The van der Waals surface area contributed by atoms with E-state index in [1.807, 2.05) is 17.6 Å². The monoisotopic (exact) mass is 663 g/mol. The lowest BCUT2D eigenvalue weighted by Gasteiger charge is -2.34. The highest BCUT2D eigenvalue weighted by Gasteiger charge is 2.32. The number of fused-ring (bicyclic) bond motifs is 4. The third kappa shape index (κ3) is 5.91. The summed E-state index contributed by atoms with van der Waals surface area (Å²) in [5.41, 5.74) is 9.44. The van der Waals surface area contributed by atoms with E-state index in [2.05, 4.69) is 33.6 Å². The largest absolute Gasteiger partial charge is 0.504 e. The average Bonchev–Trinajstić information content (AvgIpc) is 3.54. The summed E-state index contributed by atoms with van der Waals surface area (Å²) in [4.78, 5) is 20.1. The molecule has 3 aliphatic heterocycles. The number of aromatic hydroxyl groups is 2. The number of aryl methyl sites for hydroxylation is 2. The zero-order valence-corrected chi connectivity index (χ0v) is 27.8. The fourth-order valence-electron chi connectivity index (χ4n) is 8.43. The molecular formula is C39H42FN5O4. The van der Waals surface area contributed by atoms with E-state index in [-0.39, 0.29) is 28.8 Å². The van der Waals surface area contributed by atoms with Gasteiger partial charge in [-0.15, -0.1) is 0 Å². The Balaban J connectivity index is 0.000000157. The number of phenols is 2. The summed E-state index contributed by atoms with van der Waals surface area (Å²) < 4.78 is 20.6. The van der Waals surface area contributed by atoms with Crippen LogP contribution in [0.3, 0.4) is 0 Å². The molecule has 0 amide bonds. The van der Waals surface area contributed by atoms with E-state index < -0.39 is 0 Å². The highest BCUT2D eigenvalue weighted by molar-refractivity contribution is 5.80. The van der Waals surface area contributed by atoms with Gasteiger partial charge in [0.1, 0.15) is 11.6 Å². The van der Waals surface area contributed by atoms with E-state index >= 15 is 0 Å². The fourth-order valence-corrected chi connectivity index (χ4v) is 8.43. The van der Waals surface area contributed by atoms with Gasteiger partial charge in [0.25, 0.3) is 5.56 Å². The van der Waals surface area contributed by atoms with E-state index in [9.17, 15) is 19.4 Å². The van der Waals surface area contributed by atoms with Crippen LogP contribution in [0.1, 0.15) is 88.1 Å². The van der Waals surface area contributed by atoms with E-state index in [4.69, 9.17) is 9.51 Å². The molecular weight excluding hydrogens is 621 g/mol. The highest BCUT2D eigenvalue weighted by atomic mass is 19.1. The molecule has 0 radical (unpaired) electrons. The first-order chi connectivity index (χ1) is 23.9. The van der Waals surface area contributed by atoms with Crippen LogP contribution in [-0.4, -0.2) is 56.0 Å². The Hall–Kier alpha value is -4.54. The lowest BCUT2D eigenvalue weighted by Crippen LogP contribution is -2.37. The van der Waals surface area contributed by atoms with Crippen molar-refractivity contribution in [1.29, 1.82) is 0 Å². The van der Waals surface area contributed by atoms with Crippen molar-refractivity contribution in [3.63, 3.8) is 0 Å². The molecule has 1 aliphatic carbocycles. The summed E-state index contributed by atoms with van der Waals surface area (Å²) >= 11 is 0. The Kier molecular flexibility index (Phi) is 8.45. The number of aromatic nitrogens is 3. The molecule has 3 aromatic carbocycles. The molecule has 5 aromatic rings. The van der Waals surface area contributed by atoms with Crippen LogP contribution in [0.5, 0.6) is 11.5 Å². The number of halogens is 1. The molecule has 2 aromatic heterocycles. The number of phenolic OH excluding ortho intramolecular Hbond substituents is 2. The minimum absolute atomic E-state index is 0.0258. The van der Waals surface area contributed by atoms with Crippen molar-refractivity contribution in [2.24, 2.45) is 0 Å². The number of hydrogen-bond donors (Lipinski definition) is 3. The molecule has 5 heterocycles. The highest BCUT2D eigenvalue weighted by Crippen LogP contribution is 2.45. The molecule has 10 heteroatoms. The lowest BCUT2D eigenvalue weighted by atomic mass is 9.74. The molecule has 1 saturated heterocycles. The molecule has 49 heavy (non-hydrogen) atoms. The molecule has 4 aliphatic rings. The molecule has 254 valence electrons. The van der Waals surface area contributed by atoms with Gasteiger partial charge in [0.2, 0.25) is 0 Å². The maximum absolute atomic E-state index is 13.4. The zero-order valence-electron chi connectivity index (χ0n) is 27.8. The molecule has 3 N–H and O–H groups in total. The normalized spacial score (nSPS) is 18.7. The molecule has 0 saturated carbocycles. The third-order valence-electron chi connectivity index (χ3n) is 11.0. The summed E-state index contributed by atoms with van der Waals surface area (Å²) in [6.07, 6.45) is 6.51. The Morgan fingerprint density at radius 2 is 1.88 bits per heavy atom. The maximum atomic E-state index is 13.4. The number of piperidine rings is 1. The summed E-state index contributed by atoms with van der Waals surface area (Å²) in [6, 6.07) is 14.5. The van der Waals surface area contributed by atoms with Crippen molar-refractivity contribution >= 4 is 11.0 Å². The quantitative estimate of drug-likeness (QED) is 0.206. The van der Waals surface area contributed by atoms with Crippen molar-refractivity contribution in [3.8, 4) is 11.5 Å². The van der Waals surface area contributed by atoms with Gasteiger partial charge in [0.05, 0.1) is 5.69 Å². The standard InChI is InChI=1S/C23H27FN4O2.C16H15NO2/c1-15-18(23(29)28-10-3-2-4-21(28)25-15)9-13-27-11-7-16(8-12-27)22-19-6-5-17(24)14-20(19)30-26-22;18-14-5-4-11-12(16(14)19)6-9-2-1-3-10-7-17-8-13(11)15(9)10/h5-6,14,16H,2-4,7-13H2,1H3;1-5,13,17-19H,6-8H2. The van der Waals surface area contributed by atoms with E-state index in [1.165, 1.54) is 28.8 Å². The van der Waals surface area contributed by atoms with Gasteiger partial charge in [-0.2, -0.15) is 0 Å². The van der Waals surface area contributed by atoms with Crippen LogP contribution in [0.25, 0.3) is 11.0 Å². The van der Waals surface area contributed by atoms with Gasteiger partial charge in [-0.05, 0) is 92.6 Å². The number of rotatable bonds is 4. The van der Waals surface area contributed by atoms with Gasteiger partial charge in [-0.3, -0.25) is 9.36 Å². The van der Waals surface area contributed by atoms with Gasteiger partial charge in [0.15, 0.2) is 17.1 Å². The van der Waals surface area contributed by atoms with Gasteiger partial charge in [-0.1, -0.05) is 29.4 Å². The van der Waals surface area contributed by atoms with Crippen molar-refractivity contribution in [1.82, 2.24) is 24.9 Å². The predicted octanol–water partition coefficient (Wildman–Crippen LogP) is 5.83. The second kappa shape index (κ2) is 13.1. The minimum Gasteiger partial charge on any atom is -0.504 e. The summed E-state index contributed by atoms with van der Waals surface area (Å²) in [5.74, 6) is 1.28. The molecule has 0 bridgehead atoms. The maximum Gasteiger partial charge on any atom is 0.256 e. The van der Waals surface area contributed by atoms with Gasteiger partial charge in [-0.25, -0.2) is 9.37 Å². The Morgan fingerprint density at radius 3 is 2.73 bits per heavy atom. The summed E-state index contributed by atoms with van der Waals surface area (Å²) in [7, 11) is 0. The Morgan fingerprint density at radius 1 is 1.04 bits per heavy atom. The van der Waals surface area contributed by atoms with Crippen molar-refractivity contribution in [3.05, 3.63) is 115 Å². The van der Waals surface area contributed by atoms with E-state index in [0.29, 0.717) is 17.9 Å². The molecule has 0 spiro atoms. The van der Waals surface area contributed by atoms with Crippen LogP contribution in [-0.2, 0) is 32.4 Å². The van der Waals surface area contributed by atoms with Gasteiger partial charge in [0, 0.05) is 79.1 Å². The van der Waals surface area contributed by atoms with Crippen molar-refractivity contribution < 1.29 is 19.1 Å². The molecule has 1 atom stereocenters. The molecule has 9 nitrogen and oxygen atoms in total. The van der Waals surface area contributed by atoms with Crippen molar-refractivity contribution in [2.75, 3.05) is 26.2 Å². The SMILES string of the molecule is Cc1nc2n(c(=O)c1CCN1CCC(c3noc4cc(F)ccc34)CC1)CCCC2.Oc1ccc2c(c1O)Cc1cccc3c1C2CNC3. The minimum atomic E-state index is -0.303. The number of hydrogen-bond acceptors (Lipinski definition) is 8. The first kappa shape index (κ1) is 31.7. The molecule has 9 rings (SSSR count).